The van der Waals surface area contributed by atoms with Crippen LogP contribution in [0, 0.1) is 12.8 Å². The fourth-order valence-corrected chi connectivity index (χ4v) is 2.45. The second-order valence-corrected chi connectivity index (χ2v) is 5.47. The summed E-state index contributed by atoms with van der Waals surface area (Å²) in [4.78, 5) is 20.6. The molecule has 1 fully saturated rings. The molecule has 1 amide bonds. The Labute approximate surface area is 129 Å². The van der Waals surface area contributed by atoms with Crippen LogP contribution in [0.15, 0.2) is 29.1 Å². The smallest absolute Gasteiger partial charge is 0.420 e. The van der Waals surface area contributed by atoms with Gasteiger partial charge in [-0.15, -0.1) is 0 Å². The molecular formula is C15H14F3N3O2. The maximum absolute atomic E-state index is 13.0. The van der Waals surface area contributed by atoms with Crippen molar-refractivity contribution in [3.63, 3.8) is 0 Å². The zero-order chi connectivity index (χ0) is 16.6. The van der Waals surface area contributed by atoms with Crippen molar-refractivity contribution < 1.29 is 22.4 Å². The maximum atomic E-state index is 13.0. The minimum Gasteiger partial charge on any atom is -0.468 e. The summed E-state index contributed by atoms with van der Waals surface area (Å²) in [5.41, 5.74) is -1.56. The topological polar surface area (TPSA) is 68.0 Å². The number of alkyl halides is 3. The van der Waals surface area contributed by atoms with Gasteiger partial charge in [0.2, 0.25) is 0 Å². The first-order chi connectivity index (χ1) is 10.9. The van der Waals surface area contributed by atoms with E-state index < -0.39 is 29.3 Å². The highest BCUT2D eigenvalue weighted by atomic mass is 19.4. The van der Waals surface area contributed by atoms with Crippen LogP contribution in [-0.4, -0.2) is 15.9 Å². The minimum atomic E-state index is -4.65. The standard InChI is InChI=1S/C15H14F3N3O2/c1-8-11(10(7-23-8)15(16,17)18)14(22)21-12(9-3-4-9)13-19-5-2-6-20-13/h2,5-7,9,12H,3-4H2,1H3,(H,21,22)/t12-/m0/s1. The number of nitrogens with zero attached hydrogens (tertiary/aromatic N) is 2. The molecule has 1 aliphatic carbocycles. The first-order valence-corrected chi connectivity index (χ1v) is 7.11. The average Bonchev–Trinajstić information content (AvgIpc) is 3.26. The van der Waals surface area contributed by atoms with Crippen LogP contribution in [0.5, 0.6) is 0 Å². The summed E-state index contributed by atoms with van der Waals surface area (Å²) >= 11 is 0. The van der Waals surface area contributed by atoms with Gasteiger partial charge in [-0.05, 0) is 31.7 Å². The van der Waals surface area contributed by atoms with Crippen molar-refractivity contribution in [3.05, 3.63) is 47.4 Å². The average molecular weight is 325 g/mol. The molecule has 1 N–H and O–H groups in total. The highest BCUT2D eigenvalue weighted by molar-refractivity contribution is 5.97. The van der Waals surface area contributed by atoms with E-state index in [9.17, 15) is 18.0 Å². The van der Waals surface area contributed by atoms with Crippen LogP contribution in [0.1, 0.15) is 46.4 Å². The van der Waals surface area contributed by atoms with Gasteiger partial charge in [-0.1, -0.05) is 0 Å². The molecule has 0 unspecified atom stereocenters. The van der Waals surface area contributed by atoms with Crippen LogP contribution in [0.4, 0.5) is 13.2 Å². The van der Waals surface area contributed by atoms with E-state index >= 15 is 0 Å². The summed E-state index contributed by atoms with van der Waals surface area (Å²) in [5, 5.41) is 2.63. The molecule has 8 heteroatoms. The molecule has 0 aliphatic heterocycles. The zero-order valence-electron chi connectivity index (χ0n) is 12.2. The monoisotopic (exact) mass is 325 g/mol. The van der Waals surface area contributed by atoms with E-state index in [0.29, 0.717) is 12.1 Å². The van der Waals surface area contributed by atoms with E-state index in [1.165, 1.54) is 19.3 Å². The molecule has 2 aromatic heterocycles. The van der Waals surface area contributed by atoms with Crippen molar-refractivity contribution >= 4 is 5.91 Å². The number of hydrogen-bond donors (Lipinski definition) is 1. The van der Waals surface area contributed by atoms with Gasteiger partial charge < -0.3 is 9.73 Å². The number of aromatic nitrogens is 2. The first kappa shape index (κ1) is 15.5. The highest BCUT2D eigenvalue weighted by Crippen LogP contribution is 2.40. The molecule has 5 nitrogen and oxygen atoms in total. The SMILES string of the molecule is Cc1occ(C(F)(F)F)c1C(=O)N[C@H](c1ncccn1)C1CC1. The summed E-state index contributed by atoms with van der Waals surface area (Å²) in [7, 11) is 0. The molecule has 1 saturated carbocycles. The summed E-state index contributed by atoms with van der Waals surface area (Å²) in [6.07, 6.45) is 0.736. The number of nitrogens with one attached hydrogen (secondary N) is 1. The number of furan rings is 1. The van der Waals surface area contributed by atoms with Gasteiger partial charge in [0.05, 0.1) is 11.6 Å². The molecule has 2 heterocycles. The first-order valence-electron chi connectivity index (χ1n) is 7.11. The normalized spacial score (nSPS) is 16.2. The lowest BCUT2D eigenvalue weighted by Gasteiger charge is -2.17. The minimum absolute atomic E-state index is 0.0710. The molecule has 1 atom stereocenters. The van der Waals surface area contributed by atoms with Crippen LogP contribution in [0.3, 0.4) is 0 Å². The Hall–Kier alpha value is -2.38. The fraction of sp³-hybridized carbons (Fsp3) is 0.400. The van der Waals surface area contributed by atoms with Crippen LogP contribution < -0.4 is 5.32 Å². The number of hydrogen-bond acceptors (Lipinski definition) is 4. The van der Waals surface area contributed by atoms with E-state index in [2.05, 4.69) is 15.3 Å². The van der Waals surface area contributed by atoms with Crippen LogP contribution >= 0.6 is 0 Å². The van der Waals surface area contributed by atoms with Crippen molar-refractivity contribution in [1.29, 1.82) is 0 Å². The number of carbonyl (C=O) groups excluding carboxylic acids is 1. The molecule has 0 saturated heterocycles. The van der Waals surface area contributed by atoms with E-state index in [1.807, 2.05) is 0 Å². The van der Waals surface area contributed by atoms with Gasteiger partial charge in [0.15, 0.2) is 5.82 Å². The van der Waals surface area contributed by atoms with E-state index in [1.54, 1.807) is 6.07 Å². The lowest BCUT2D eigenvalue weighted by Crippen LogP contribution is -2.32. The molecule has 3 rings (SSSR count). The lowest BCUT2D eigenvalue weighted by molar-refractivity contribution is -0.138. The number of carbonyl (C=O) groups is 1. The largest absolute Gasteiger partial charge is 0.468 e. The Morgan fingerprint density at radius 1 is 1.35 bits per heavy atom. The highest BCUT2D eigenvalue weighted by Gasteiger charge is 2.41. The van der Waals surface area contributed by atoms with E-state index in [4.69, 9.17) is 4.42 Å². The summed E-state index contributed by atoms with van der Waals surface area (Å²) in [6, 6.07) is 1.14. The van der Waals surface area contributed by atoms with Crippen molar-refractivity contribution in [2.24, 2.45) is 5.92 Å². The second kappa shape index (κ2) is 5.68. The third kappa shape index (κ3) is 3.20. The molecule has 23 heavy (non-hydrogen) atoms. The van der Waals surface area contributed by atoms with Gasteiger partial charge in [0.1, 0.15) is 17.6 Å². The third-order valence-corrected chi connectivity index (χ3v) is 3.75. The van der Waals surface area contributed by atoms with Gasteiger partial charge >= 0.3 is 6.18 Å². The fourth-order valence-electron chi connectivity index (χ4n) is 2.45. The molecule has 0 radical (unpaired) electrons. The molecule has 0 aromatic carbocycles. The second-order valence-electron chi connectivity index (χ2n) is 5.47. The predicted molar refractivity (Wildman–Crippen MR) is 73.4 cm³/mol. The van der Waals surface area contributed by atoms with Crippen molar-refractivity contribution in [2.45, 2.75) is 32.0 Å². The number of rotatable bonds is 4. The Balaban J connectivity index is 1.88. The Morgan fingerprint density at radius 3 is 2.57 bits per heavy atom. The van der Waals surface area contributed by atoms with E-state index in [0.717, 1.165) is 12.8 Å². The Morgan fingerprint density at radius 2 is 2.00 bits per heavy atom. The molecule has 1 aliphatic rings. The molecule has 2 aromatic rings. The van der Waals surface area contributed by atoms with Crippen LogP contribution in [-0.2, 0) is 6.18 Å². The Kier molecular flexibility index (Phi) is 3.83. The zero-order valence-corrected chi connectivity index (χ0v) is 12.2. The summed E-state index contributed by atoms with van der Waals surface area (Å²) < 4.78 is 43.8. The van der Waals surface area contributed by atoms with Crippen LogP contribution in [0.2, 0.25) is 0 Å². The Bertz CT molecular complexity index is 709. The predicted octanol–water partition coefficient (Wildman–Crippen LogP) is 3.28. The number of aryl methyl sites for hydroxylation is 1. The van der Waals surface area contributed by atoms with Crippen molar-refractivity contribution in [2.75, 3.05) is 0 Å². The quantitative estimate of drug-likeness (QED) is 0.937. The summed E-state index contributed by atoms with van der Waals surface area (Å²) in [6.45, 7) is 1.33. The van der Waals surface area contributed by atoms with Gasteiger partial charge in [0, 0.05) is 12.4 Å². The summed E-state index contributed by atoms with van der Waals surface area (Å²) in [5.74, 6) is -0.354. The van der Waals surface area contributed by atoms with Crippen molar-refractivity contribution in [3.8, 4) is 0 Å². The molecule has 122 valence electrons. The lowest BCUT2D eigenvalue weighted by atomic mass is 10.1. The van der Waals surface area contributed by atoms with Gasteiger partial charge in [-0.25, -0.2) is 9.97 Å². The number of amides is 1. The van der Waals surface area contributed by atoms with Gasteiger partial charge in [0.25, 0.3) is 5.91 Å². The van der Waals surface area contributed by atoms with Gasteiger partial charge in [-0.3, -0.25) is 4.79 Å². The molecule has 0 spiro atoms. The molecule has 0 bridgehead atoms. The molecular weight excluding hydrogens is 311 g/mol. The van der Waals surface area contributed by atoms with Gasteiger partial charge in [-0.2, -0.15) is 13.2 Å². The van der Waals surface area contributed by atoms with Crippen molar-refractivity contribution in [1.82, 2.24) is 15.3 Å². The van der Waals surface area contributed by atoms with E-state index in [-0.39, 0.29) is 11.7 Å². The maximum Gasteiger partial charge on any atom is 0.420 e. The number of halogens is 3. The third-order valence-electron chi connectivity index (χ3n) is 3.75. The van der Waals surface area contributed by atoms with Crippen LogP contribution in [0.25, 0.3) is 0 Å².